The molecule has 0 rings (SSSR count). The van der Waals surface area contributed by atoms with E-state index in [-0.39, 0.29) is 25.5 Å². The molecular formula is C10H20N4O4. The van der Waals surface area contributed by atoms with E-state index in [4.69, 9.17) is 10.8 Å². The fourth-order valence-electron chi connectivity index (χ4n) is 1.48. The molecule has 0 spiro atoms. The van der Waals surface area contributed by atoms with Crippen molar-refractivity contribution in [2.24, 2.45) is 5.73 Å². The van der Waals surface area contributed by atoms with Gasteiger partial charge >= 0.3 is 18.0 Å². The molecule has 5 N–H and O–H groups in total. The molecule has 0 aromatic rings. The number of aliphatic carboxylic acids is 1. The summed E-state index contributed by atoms with van der Waals surface area (Å²) >= 11 is 0. The lowest BCUT2D eigenvalue weighted by Crippen LogP contribution is -2.47. The molecule has 0 saturated heterocycles. The SMILES string of the molecule is CCN(C(=O)NCCNC(N)=O)C(C)CC(=O)O. The fraction of sp³-hybridized carbons (Fsp3) is 0.700. The highest BCUT2D eigenvalue weighted by atomic mass is 16.4. The molecule has 104 valence electrons. The molecule has 0 bridgehead atoms. The minimum atomic E-state index is -0.954. The number of carboxylic acids is 1. The summed E-state index contributed by atoms with van der Waals surface area (Å²) in [6.45, 7) is 4.30. The van der Waals surface area contributed by atoms with Crippen LogP contribution in [0.1, 0.15) is 20.3 Å². The maximum atomic E-state index is 11.7. The molecule has 8 nitrogen and oxygen atoms in total. The van der Waals surface area contributed by atoms with E-state index in [0.717, 1.165) is 0 Å². The first kappa shape index (κ1) is 16.0. The van der Waals surface area contributed by atoms with Crippen molar-refractivity contribution in [1.82, 2.24) is 15.5 Å². The molecule has 18 heavy (non-hydrogen) atoms. The predicted octanol–water partition coefficient (Wildman–Crippen LogP) is -0.451. The van der Waals surface area contributed by atoms with Crippen LogP contribution in [0.3, 0.4) is 0 Å². The first-order valence-electron chi connectivity index (χ1n) is 5.68. The highest BCUT2D eigenvalue weighted by molar-refractivity contribution is 5.76. The Morgan fingerprint density at radius 1 is 1.28 bits per heavy atom. The van der Waals surface area contributed by atoms with Gasteiger partial charge in [0.2, 0.25) is 0 Å². The van der Waals surface area contributed by atoms with Gasteiger partial charge in [0.15, 0.2) is 0 Å². The molecule has 0 aromatic carbocycles. The van der Waals surface area contributed by atoms with Gasteiger partial charge in [-0.05, 0) is 13.8 Å². The van der Waals surface area contributed by atoms with Crippen molar-refractivity contribution in [3.63, 3.8) is 0 Å². The summed E-state index contributed by atoms with van der Waals surface area (Å²) in [4.78, 5) is 34.1. The molecule has 8 heteroatoms. The van der Waals surface area contributed by atoms with Gasteiger partial charge in [0.05, 0.1) is 6.42 Å². The Morgan fingerprint density at radius 2 is 1.83 bits per heavy atom. The molecule has 0 fully saturated rings. The van der Waals surface area contributed by atoms with E-state index in [1.165, 1.54) is 4.90 Å². The number of nitrogens with one attached hydrogen (secondary N) is 2. The van der Waals surface area contributed by atoms with E-state index in [0.29, 0.717) is 6.54 Å². The monoisotopic (exact) mass is 260 g/mol. The summed E-state index contributed by atoms with van der Waals surface area (Å²) in [5.74, 6) is -0.954. The van der Waals surface area contributed by atoms with Gasteiger partial charge in [0, 0.05) is 25.7 Å². The third-order valence-corrected chi connectivity index (χ3v) is 2.30. The molecule has 0 heterocycles. The van der Waals surface area contributed by atoms with Gasteiger partial charge < -0.3 is 26.4 Å². The topological polar surface area (TPSA) is 125 Å². The molecule has 0 radical (unpaired) electrons. The van der Waals surface area contributed by atoms with Crippen LogP contribution in [0.4, 0.5) is 9.59 Å². The fourth-order valence-corrected chi connectivity index (χ4v) is 1.48. The van der Waals surface area contributed by atoms with E-state index in [1.807, 2.05) is 0 Å². The number of urea groups is 2. The largest absolute Gasteiger partial charge is 0.481 e. The summed E-state index contributed by atoms with van der Waals surface area (Å²) in [5.41, 5.74) is 4.86. The maximum absolute atomic E-state index is 11.7. The van der Waals surface area contributed by atoms with Crippen LogP contribution in [0.25, 0.3) is 0 Å². The van der Waals surface area contributed by atoms with Gasteiger partial charge in [-0.3, -0.25) is 4.79 Å². The van der Waals surface area contributed by atoms with E-state index >= 15 is 0 Å². The molecule has 0 aliphatic carbocycles. The number of carbonyl (C=O) groups is 3. The third-order valence-electron chi connectivity index (χ3n) is 2.30. The smallest absolute Gasteiger partial charge is 0.317 e. The summed E-state index contributed by atoms with van der Waals surface area (Å²) in [6.07, 6.45) is -0.110. The first-order chi connectivity index (χ1) is 8.38. The Hall–Kier alpha value is -1.99. The third kappa shape index (κ3) is 6.56. The number of nitrogens with zero attached hydrogens (tertiary/aromatic N) is 1. The number of primary amides is 1. The van der Waals surface area contributed by atoms with Crippen LogP contribution < -0.4 is 16.4 Å². The van der Waals surface area contributed by atoms with Crippen molar-refractivity contribution in [3.05, 3.63) is 0 Å². The molecule has 0 aromatic heterocycles. The number of nitrogens with two attached hydrogens (primary N) is 1. The Bertz CT molecular complexity index is 308. The average Bonchev–Trinajstić information content (AvgIpc) is 2.24. The van der Waals surface area contributed by atoms with Gasteiger partial charge in [-0.15, -0.1) is 0 Å². The van der Waals surface area contributed by atoms with Gasteiger partial charge in [-0.1, -0.05) is 0 Å². The van der Waals surface area contributed by atoms with E-state index in [1.54, 1.807) is 13.8 Å². The molecule has 0 saturated carbocycles. The molecule has 0 aliphatic heterocycles. The lowest BCUT2D eigenvalue weighted by Gasteiger charge is -2.27. The number of amides is 4. The van der Waals surface area contributed by atoms with Crippen molar-refractivity contribution in [2.75, 3.05) is 19.6 Å². The summed E-state index contributed by atoms with van der Waals surface area (Å²) in [6, 6.07) is -1.41. The summed E-state index contributed by atoms with van der Waals surface area (Å²) < 4.78 is 0. The number of carboxylic acid groups (broad SMARTS) is 1. The highest BCUT2D eigenvalue weighted by Gasteiger charge is 2.20. The lowest BCUT2D eigenvalue weighted by atomic mass is 10.2. The van der Waals surface area contributed by atoms with Crippen LogP contribution in [0, 0.1) is 0 Å². The Balaban J connectivity index is 4.10. The zero-order valence-corrected chi connectivity index (χ0v) is 10.6. The van der Waals surface area contributed by atoms with Crippen molar-refractivity contribution in [3.8, 4) is 0 Å². The van der Waals surface area contributed by atoms with E-state index in [9.17, 15) is 14.4 Å². The molecular weight excluding hydrogens is 240 g/mol. The van der Waals surface area contributed by atoms with Crippen molar-refractivity contribution in [2.45, 2.75) is 26.3 Å². The Labute approximate surface area is 106 Å². The highest BCUT2D eigenvalue weighted by Crippen LogP contribution is 2.03. The molecule has 4 amide bonds. The number of hydrogen-bond donors (Lipinski definition) is 4. The minimum Gasteiger partial charge on any atom is -0.481 e. The normalized spacial score (nSPS) is 11.4. The Kier molecular flexibility index (Phi) is 7.25. The minimum absolute atomic E-state index is 0.110. The van der Waals surface area contributed by atoms with E-state index in [2.05, 4.69) is 10.6 Å². The summed E-state index contributed by atoms with van der Waals surface area (Å²) in [5, 5.41) is 13.6. The maximum Gasteiger partial charge on any atom is 0.317 e. The van der Waals surface area contributed by atoms with Crippen LogP contribution in [0.2, 0.25) is 0 Å². The van der Waals surface area contributed by atoms with Crippen LogP contribution in [0.15, 0.2) is 0 Å². The second-order valence-corrected chi connectivity index (χ2v) is 3.76. The first-order valence-corrected chi connectivity index (χ1v) is 5.68. The number of hydrogen-bond acceptors (Lipinski definition) is 3. The zero-order valence-electron chi connectivity index (χ0n) is 10.6. The van der Waals surface area contributed by atoms with Crippen molar-refractivity contribution < 1.29 is 19.5 Å². The quantitative estimate of drug-likeness (QED) is 0.462. The molecule has 1 unspecified atom stereocenters. The molecule has 0 aliphatic rings. The van der Waals surface area contributed by atoms with Gasteiger partial charge in [0.25, 0.3) is 0 Å². The standard InChI is InChI=1S/C10H20N4O4/c1-3-14(7(2)6-8(15)16)10(18)13-5-4-12-9(11)17/h7H,3-6H2,1-2H3,(H,13,18)(H,15,16)(H3,11,12,17). The second kappa shape index (κ2) is 8.15. The van der Waals surface area contributed by atoms with Crippen molar-refractivity contribution >= 4 is 18.0 Å². The second-order valence-electron chi connectivity index (χ2n) is 3.76. The lowest BCUT2D eigenvalue weighted by molar-refractivity contribution is -0.138. The Morgan fingerprint density at radius 3 is 2.28 bits per heavy atom. The number of rotatable bonds is 7. The van der Waals surface area contributed by atoms with Crippen LogP contribution in [0.5, 0.6) is 0 Å². The predicted molar refractivity (Wildman–Crippen MR) is 65.1 cm³/mol. The summed E-state index contributed by atoms with van der Waals surface area (Å²) in [7, 11) is 0. The van der Waals surface area contributed by atoms with Gasteiger partial charge in [0.1, 0.15) is 0 Å². The van der Waals surface area contributed by atoms with Crippen LogP contribution >= 0.6 is 0 Å². The number of carbonyl (C=O) groups excluding carboxylic acids is 2. The van der Waals surface area contributed by atoms with Crippen molar-refractivity contribution in [1.29, 1.82) is 0 Å². The van der Waals surface area contributed by atoms with Gasteiger partial charge in [-0.25, -0.2) is 9.59 Å². The van der Waals surface area contributed by atoms with E-state index < -0.39 is 18.0 Å². The average molecular weight is 260 g/mol. The van der Waals surface area contributed by atoms with Crippen LogP contribution in [-0.4, -0.2) is 53.7 Å². The molecule has 1 atom stereocenters. The zero-order chi connectivity index (χ0) is 14.1. The van der Waals surface area contributed by atoms with Crippen LogP contribution in [-0.2, 0) is 4.79 Å². The van der Waals surface area contributed by atoms with Gasteiger partial charge in [-0.2, -0.15) is 0 Å².